The summed E-state index contributed by atoms with van der Waals surface area (Å²) in [5.74, 6) is 0.0151. The molecule has 7 heteroatoms. The summed E-state index contributed by atoms with van der Waals surface area (Å²) >= 11 is 0. The van der Waals surface area contributed by atoms with Gasteiger partial charge in [-0.05, 0) is 49.2 Å². The number of hydrogen-bond acceptors (Lipinski definition) is 5. The average molecular weight is 392 g/mol. The number of anilines is 2. The highest BCUT2D eigenvalue weighted by atomic mass is 16.5. The Kier molecular flexibility index (Phi) is 6.07. The molecular formula is C22H24N4O3. The van der Waals surface area contributed by atoms with E-state index in [0.29, 0.717) is 28.2 Å². The Morgan fingerprint density at radius 1 is 0.931 bits per heavy atom. The lowest BCUT2D eigenvalue weighted by atomic mass is 10.1. The van der Waals surface area contributed by atoms with E-state index in [1.807, 2.05) is 13.0 Å². The summed E-state index contributed by atoms with van der Waals surface area (Å²) in [5.41, 5.74) is 4.92. The normalized spacial score (nSPS) is 10.6. The molecule has 0 atom stereocenters. The fraction of sp³-hybridized carbons (Fsp3) is 0.273. The summed E-state index contributed by atoms with van der Waals surface area (Å²) in [6.45, 7) is 5.51. The van der Waals surface area contributed by atoms with Crippen LogP contribution < -0.4 is 15.4 Å². The number of nitrogens with zero attached hydrogens (tertiary/aromatic N) is 2. The second-order valence-corrected chi connectivity index (χ2v) is 6.58. The first-order valence-corrected chi connectivity index (χ1v) is 9.51. The van der Waals surface area contributed by atoms with Gasteiger partial charge in [0.1, 0.15) is 5.75 Å². The lowest BCUT2D eigenvalue weighted by molar-refractivity contribution is -0.114. The number of nitrogens with one attached hydrogen (secondary N) is 2. The van der Waals surface area contributed by atoms with Crippen molar-refractivity contribution >= 4 is 34.2 Å². The predicted molar refractivity (Wildman–Crippen MR) is 114 cm³/mol. The smallest absolute Gasteiger partial charge is 0.255 e. The number of rotatable bonds is 6. The van der Waals surface area contributed by atoms with Crippen LogP contribution >= 0.6 is 0 Å². The number of fused-ring (bicyclic) bond motifs is 1. The van der Waals surface area contributed by atoms with E-state index < -0.39 is 0 Å². The van der Waals surface area contributed by atoms with Gasteiger partial charge >= 0.3 is 0 Å². The molecule has 0 aliphatic heterocycles. The van der Waals surface area contributed by atoms with Crippen molar-refractivity contribution in [2.45, 2.75) is 33.6 Å². The number of carbonyl (C=O) groups excluding carboxylic acids is 2. The van der Waals surface area contributed by atoms with Crippen molar-refractivity contribution < 1.29 is 14.3 Å². The van der Waals surface area contributed by atoms with Gasteiger partial charge in [-0.15, -0.1) is 0 Å². The van der Waals surface area contributed by atoms with Gasteiger partial charge in [-0.3, -0.25) is 9.59 Å². The highest BCUT2D eigenvalue weighted by molar-refractivity contribution is 6.06. The largest absolute Gasteiger partial charge is 0.495 e. The van der Waals surface area contributed by atoms with Gasteiger partial charge in [0.15, 0.2) is 0 Å². The quantitative estimate of drug-likeness (QED) is 0.662. The molecule has 150 valence electrons. The molecule has 1 heterocycles. The van der Waals surface area contributed by atoms with Crippen LogP contribution in [0.3, 0.4) is 0 Å². The van der Waals surface area contributed by atoms with Crippen molar-refractivity contribution in [2.75, 3.05) is 17.7 Å². The molecule has 2 amide bonds. The fourth-order valence-electron chi connectivity index (χ4n) is 3.11. The summed E-state index contributed by atoms with van der Waals surface area (Å²) in [7, 11) is 1.52. The maximum atomic E-state index is 12.7. The number of carbonyl (C=O) groups is 2. The molecule has 0 unspecified atom stereocenters. The second-order valence-electron chi connectivity index (χ2n) is 6.58. The molecule has 0 saturated carbocycles. The van der Waals surface area contributed by atoms with Crippen LogP contribution in [0.15, 0.2) is 36.4 Å². The maximum Gasteiger partial charge on any atom is 0.255 e. The third kappa shape index (κ3) is 4.51. The molecule has 0 saturated heterocycles. The molecule has 7 nitrogen and oxygen atoms in total. The summed E-state index contributed by atoms with van der Waals surface area (Å²) in [6.07, 6.45) is 1.61. The summed E-state index contributed by atoms with van der Waals surface area (Å²) in [4.78, 5) is 33.5. The molecule has 0 aliphatic carbocycles. The number of aryl methyl sites for hydroxylation is 2. The fourth-order valence-corrected chi connectivity index (χ4v) is 3.11. The lowest BCUT2D eigenvalue weighted by Gasteiger charge is -2.12. The lowest BCUT2D eigenvalue weighted by Crippen LogP contribution is -2.13. The first kappa shape index (κ1) is 20.3. The highest BCUT2D eigenvalue weighted by Crippen LogP contribution is 2.28. The van der Waals surface area contributed by atoms with Gasteiger partial charge < -0.3 is 15.4 Å². The number of hydrogen-bond donors (Lipinski definition) is 2. The molecule has 3 rings (SSSR count). The highest BCUT2D eigenvalue weighted by Gasteiger charge is 2.12. The molecule has 0 spiro atoms. The zero-order chi connectivity index (χ0) is 21.0. The third-order valence-corrected chi connectivity index (χ3v) is 4.52. The average Bonchev–Trinajstić information content (AvgIpc) is 2.72. The summed E-state index contributed by atoms with van der Waals surface area (Å²) < 4.78 is 5.24. The number of ether oxygens (including phenoxy) is 1. The van der Waals surface area contributed by atoms with Crippen molar-refractivity contribution in [3.05, 3.63) is 53.3 Å². The van der Waals surface area contributed by atoms with Crippen molar-refractivity contribution in [1.82, 2.24) is 9.97 Å². The molecule has 3 aromatic rings. The third-order valence-electron chi connectivity index (χ3n) is 4.52. The number of aromatic nitrogens is 2. The Hall–Kier alpha value is -3.48. The van der Waals surface area contributed by atoms with Crippen LogP contribution in [-0.2, 0) is 17.6 Å². The molecule has 1 aromatic heterocycles. The Balaban J connectivity index is 1.88. The minimum absolute atomic E-state index is 0.224. The van der Waals surface area contributed by atoms with Crippen molar-refractivity contribution in [1.29, 1.82) is 0 Å². The monoisotopic (exact) mass is 392 g/mol. The van der Waals surface area contributed by atoms with Crippen LogP contribution in [-0.4, -0.2) is 28.9 Å². The molecule has 0 fully saturated rings. The van der Waals surface area contributed by atoms with E-state index in [0.717, 1.165) is 29.7 Å². The molecule has 29 heavy (non-hydrogen) atoms. The van der Waals surface area contributed by atoms with E-state index in [2.05, 4.69) is 27.5 Å². The molecule has 0 aliphatic rings. The number of methoxy groups -OCH3 is 1. The Labute approximate surface area is 169 Å². The van der Waals surface area contributed by atoms with Crippen molar-refractivity contribution in [2.24, 2.45) is 0 Å². The summed E-state index contributed by atoms with van der Waals surface area (Å²) in [5, 5.41) is 5.54. The van der Waals surface area contributed by atoms with Gasteiger partial charge in [0.25, 0.3) is 5.91 Å². The predicted octanol–water partition coefficient (Wildman–Crippen LogP) is 3.97. The minimum Gasteiger partial charge on any atom is -0.495 e. The molecule has 0 radical (unpaired) electrons. The summed E-state index contributed by atoms with van der Waals surface area (Å²) in [6, 6.07) is 10.3. The van der Waals surface area contributed by atoms with Gasteiger partial charge in [0.05, 0.1) is 35.2 Å². The van der Waals surface area contributed by atoms with E-state index in [1.165, 1.54) is 14.0 Å². The van der Waals surface area contributed by atoms with E-state index in [1.54, 1.807) is 30.3 Å². The van der Waals surface area contributed by atoms with Gasteiger partial charge in [0, 0.05) is 18.2 Å². The topological polar surface area (TPSA) is 93.2 Å². The maximum absolute atomic E-state index is 12.7. The molecule has 2 aromatic carbocycles. The van der Waals surface area contributed by atoms with E-state index in [4.69, 9.17) is 4.74 Å². The van der Waals surface area contributed by atoms with Crippen LogP contribution in [0.4, 0.5) is 11.4 Å². The van der Waals surface area contributed by atoms with Crippen LogP contribution in [0.25, 0.3) is 11.0 Å². The van der Waals surface area contributed by atoms with Gasteiger partial charge in [-0.2, -0.15) is 0 Å². The first-order chi connectivity index (χ1) is 13.9. The Morgan fingerprint density at radius 2 is 1.62 bits per heavy atom. The first-order valence-electron chi connectivity index (χ1n) is 9.51. The van der Waals surface area contributed by atoms with E-state index >= 15 is 0 Å². The minimum atomic E-state index is -0.273. The SMILES string of the molecule is CCc1nc2ccc(C(=O)Nc3ccc(OC)c(NC(C)=O)c3)cc2nc1CC. The van der Waals surface area contributed by atoms with Crippen LogP contribution in [0, 0.1) is 0 Å². The Morgan fingerprint density at radius 3 is 2.24 bits per heavy atom. The number of benzene rings is 2. The van der Waals surface area contributed by atoms with Gasteiger partial charge in [-0.1, -0.05) is 13.8 Å². The van der Waals surface area contributed by atoms with Crippen LogP contribution in [0.2, 0.25) is 0 Å². The van der Waals surface area contributed by atoms with Gasteiger partial charge in [-0.25, -0.2) is 9.97 Å². The van der Waals surface area contributed by atoms with Gasteiger partial charge in [0.2, 0.25) is 5.91 Å². The standard InChI is InChI=1S/C22H24N4O3/c1-5-16-17(6-2)26-19-11-14(7-9-18(19)25-16)22(28)24-15-8-10-21(29-4)20(12-15)23-13(3)27/h7-12H,5-6H2,1-4H3,(H,23,27)(H,24,28). The van der Waals surface area contributed by atoms with Crippen LogP contribution in [0.5, 0.6) is 5.75 Å². The Bertz CT molecular complexity index is 1080. The van der Waals surface area contributed by atoms with Crippen molar-refractivity contribution in [3.63, 3.8) is 0 Å². The molecular weight excluding hydrogens is 368 g/mol. The van der Waals surface area contributed by atoms with E-state index in [-0.39, 0.29) is 11.8 Å². The van der Waals surface area contributed by atoms with E-state index in [9.17, 15) is 9.59 Å². The van der Waals surface area contributed by atoms with Crippen molar-refractivity contribution in [3.8, 4) is 5.75 Å². The zero-order valence-corrected chi connectivity index (χ0v) is 17.0. The number of amides is 2. The van der Waals surface area contributed by atoms with Crippen LogP contribution in [0.1, 0.15) is 42.5 Å². The zero-order valence-electron chi connectivity index (χ0n) is 17.0. The molecule has 0 bridgehead atoms. The molecule has 2 N–H and O–H groups in total. The second kappa shape index (κ2) is 8.68.